The van der Waals surface area contributed by atoms with Crippen molar-refractivity contribution in [3.05, 3.63) is 12.2 Å². The molecular weight excluding hydrogens is 170 g/mol. The van der Waals surface area contributed by atoms with Gasteiger partial charge in [0.2, 0.25) is 0 Å². The Morgan fingerprint density at radius 3 is 2.43 bits per heavy atom. The molecule has 14 heavy (non-hydrogen) atoms. The van der Waals surface area contributed by atoms with Crippen LogP contribution in [0.25, 0.3) is 0 Å². The zero-order chi connectivity index (χ0) is 10.4. The van der Waals surface area contributed by atoms with Crippen LogP contribution >= 0.6 is 0 Å². The highest BCUT2D eigenvalue weighted by Gasteiger charge is 2.14. The molecule has 1 rings (SSSR count). The first-order valence-electron chi connectivity index (χ1n) is 5.98. The second kappa shape index (κ2) is 5.55. The predicted molar refractivity (Wildman–Crippen MR) is 63.5 cm³/mol. The topological polar surface area (TPSA) is 12.0 Å². The lowest BCUT2D eigenvalue weighted by atomic mass is 9.83. The third-order valence-corrected chi connectivity index (χ3v) is 2.83. The number of nitrogens with one attached hydrogen (secondary N) is 1. The Labute approximate surface area is 89.0 Å². The Kier molecular flexibility index (Phi) is 4.67. The van der Waals surface area contributed by atoms with E-state index in [0.29, 0.717) is 0 Å². The summed E-state index contributed by atoms with van der Waals surface area (Å²) in [6, 6.07) is 0. The Morgan fingerprint density at radius 1 is 1.21 bits per heavy atom. The van der Waals surface area contributed by atoms with E-state index in [1.807, 2.05) is 0 Å². The van der Waals surface area contributed by atoms with E-state index in [1.165, 1.54) is 32.1 Å². The van der Waals surface area contributed by atoms with E-state index in [9.17, 15) is 0 Å². The molecule has 82 valence electrons. The molecule has 0 amide bonds. The third kappa shape index (κ3) is 5.43. The van der Waals surface area contributed by atoms with Gasteiger partial charge in [-0.25, -0.2) is 0 Å². The molecule has 0 radical (unpaired) electrons. The Morgan fingerprint density at radius 2 is 1.93 bits per heavy atom. The summed E-state index contributed by atoms with van der Waals surface area (Å²) in [4.78, 5) is 0. The molecule has 0 aromatic rings. The molecule has 1 saturated carbocycles. The smallest absolute Gasteiger partial charge is 0.00966 e. The summed E-state index contributed by atoms with van der Waals surface area (Å²) in [5.41, 5.74) is 0.266. The fraction of sp³-hybridized carbons (Fsp3) is 0.846. The van der Waals surface area contributed by atoms with E-state index in [0.717, 1.165) is 12.5 Å². The minimum Gasteiger partial charge on any atom is -0.312 e. The lowest BCUT2D eigenvalue weighted by Crippen LogP contribution is -2.36. The van der Waals surface area contributed by atoms with E-state index in [-0.39, 0.29) is 5.54 Å². The van der Waals surface area contributed by atoms with Crippen LogP contribution in [0.5, 0.6) is 0 Å². The minimum atomic E-state index is 0.266. The van der Waals surface area contributed by atoms with Crippen LogP contribution in [0.15, 0.2) is 12.2 Å². The van der Waals surface area contributed by atoms with Gasteiger partial charge in [0, 0.05) is 5.54 Å². The molecule has 0 bridgehead atoms. The van der Waals surface area contributed by atoms with Gasteiger partial charge < -0.3 is 5.32 Å². The maximum Gasteiger partial charge on any atom is 0.00966 e. The average molecular weight is 195 g/mol. The number of allylic oxidation sites excluding steroid dienone is 1. The van der Waals surface area contributed by atoms with Gasteiger partial charge in [0.15, 0.2) is 0 Å². The quantitative estimate of drug-likeness (QED) is 0.523. The molecule has 0 saturated heterocycles. The highest BCUT2D eigenvalue weighted by molar-refractivity contribution is 4.87. The van der Waals surface area contributed by atoms with Gasteiger partial charge in [-0.15, -0.1) is 0 Å². The second-order valence-corrected chi connectivity index (χ2v) is 5.47. The summed E-state index contributed by atoms with van der Waals surface area (Å²) in [5.74, 6) is 1.02. The summed E-state index contributed by atoms with van der Waals surface area (Å²) < 4.78 is 0. The highest BCUT2D eigenvalue weighted by atomic mass is 14.9. The van der Waals surface area contributed by atoms with E-state index < -0.39 is 0 Å². The Balaban J connectivity index is 1.92. The largest absolute Gasteiger partial charge is 0.312 e. The Hall–Kier alpha value is -0.300. The van der Waals surface area contributed by atoms with Gasteiger partial charge in [-0.2, -0.15) is 0 Å². The van der Waals surface area contributed by atoms with Gasteiger partial charge in [0.05, 0.1) is 0 Å². The summed E-state index contributed by atoms with van der Waals surface area (Å²) in [7, 11) is 0. The first kappa shape index (κ1) is 11.8. The average Bonchev–Trinajstić information content (AvgIpc) is 1.97. The zero-order valence-corrected chi connectivity index (χ0v) is 9.97. The molecule has 1 N–H and O–H groups in total. The molecular formula is C13H25N. The van der Waals surface area contributed by atoms with Crippen molar-refractivity contribution < 1.29 is 0 Å². The molecule has 0 heterocycles. The lowest BCUT2D eigenvalue weighted by molar-refractivity contribution is 0.319. The van der Waals surface area contributed by atoms with Gasteiger partial charge in [-0.05, 0) is 46.1 Å². The van der Waals surface area contributed by atoms with Crippen molar-refractivity contribution in [2.24, 2.45) is 5.92 Å². The van der Waals surface area contributed by atoms with E-state index >= 15 is 0 Å². The van der Waals surface area contributed by atoms with Crippen LogP contribution in [0, 0.1) is 5.92 Å². The summed E-state index contributed by atoms with van der Waals surface area (Å²) in [6.07, 6.45) is 11.6. The molecule has 0 aromatic heterocycles. The van der Waals surface area contributed by atoms with Crippen LogP contribution in [0.2, 0.25) is 0 Å². The van der Waals surface area contributed by atoms with Crippen molar-refractivity contribution in [3.8, 4) is 0 Å². The van der Waals surface area contributed by atoms with Crippen molar-refractivity contribution in [2.45, 2.75) is 58.4 Å². The first-order chi connectivity index (χ1) is 6.58. The van der Waals surface area contributed by atoms with Crippen LogP contribution in [-0.2, 0) is 0 Å². The predicted octanol–water partition coefficient (Wildman–Crippen LogP) is 3.51. The molecule has 0 unspecified atom stereocenters. The van der Waals surface area contributed by atoms with Crippen molar-refractivity contribution in [1.82, 2.24) is 5.32 Å². The van der Waals surface area contributed by atoms with E-state index in [1.54, 1.807) is 0 Å². The van der Waals surface area contributed by atoms with Crippen molar-refractivity contribution in [2.75, 3.05) is 6.54 Å². The third-order valence-electron chi connectivity index (χ3n) is 2.83. The lowest BCUT2D eigenvalue weighted by Gasteiger charge is -2.23. The maximum absolute atomic E-state index is 3.49. The monoisotopic (exact) mass is 195 g/mol. The number of rotatable bonds is 5. The normalized spacial score (nSPS) is 18.8. The van der Waals surface area contributed by atoms with Crippen LogP contribution < -0.4 is 5.32 Å². The van der Waals surface area contributed by atoms with Gasteiger partial charge in [-0.1, -0.05) is 31.4 Å². The van der Waals surface area contributed by atoms with Crippen LogP contribution in [0.1, 0.15) is 52.9 Å². The van der Waals surface area contributed by atoms with E-state index in [2.05, 4.69) is 38.2 Å². The first-order valence-corrected chi connectivity index (χ1v) is 5.98. The summed E-state index contributed by atoms with van der Waals surface area (Å²) in [5, 5.41) is 3.49. The fourth-order valence-electron chi connectivity index (χ4n) is 1.67. The number of hydrogen-bond donors (Lipinski definition) is 1. The molecule has 1 aliphatic rings. The molecule has 1 nitrogen and oxygen atoms in total. The Bertz CT molecular complexity index is 172. The van der Waals surface area contributed by atoms with Gasteiger partial charge in [-0.3, -0.25) is 0 Å². The molecule has 1 aliphatic carbocycles. The number of hydrogen-bond acceptors (Lipinski definition) is 1. The summed E-state index contributed by atoms with van der Waals surface area (Å²) >= 11 is 0. The van der Waals surface area contributed by atoms with Crippen molar-refractivity contribution >= 4 is 0 Å². The second-order valence-electron chi connectivity index (χ2n) is 5.47. The minimum absolute atomic E-state index is 0.266. The van der Waals surface area contributed by atoms with Gasteiger partial charge in [0.25, 0.3) is 0 Å². The van der Waals surface area contributed by atoms with Gasteiger partial charge in [0.1, 0.15) is 0 Å². The van der Waals surface area contributed by atoms with Crippen LogP contribution in [0.4, 0.5) is 0 Å². The maximum atomic E-state index is 3.49. The summed E-state index contributed by atoms with van der Waals surface area (Å²) in [6.45, 7) is 7.74. The molecule has 1 heteroatoms. The highest BCUT2D eigenvalue weighted by Crippen LogP contribution is 2.29. The fourth-order valence-corrected chi connectivity index (χ4v) is 1.67. The molecule has 1 fully saturated rings. The molecule has 0 aromatic carbocycles. The van der Waals surface area contributed by atoms with Crippen LogP contribution in [-0.4, -0.2) is 12.1 Å². The molecule has 0 atom stereocenters. The molecule has 0 aliphatic heterocycles. The van der Waals surface area contributed by atoms with Crippen molar-refractivity contribution in [3.63, 3.8) is 0 Å². The zero-order valence-electron chi connectivity index (χ0n) is 9.97. The van der Waals surface area contributed by atoms with Crippen LogP contribution in [0.3, 0.4) is 0 Å². The molecule has 0 spiro atoms. The SMILES string of the molecule is CC(C)(C)NCCC=CCC1CCC1. The van der Waals surface area contributed by atoms with Gasteiger partial charge >= 0.3 is 0 Å². The van der Waals surface area contributed by atoms with Crippen molar-refractivity contribution in [1.29, 1.82) is 0 Å². The standard InChI is InChI=1S/C13H25N/c1-13(2,3)14-11-6-4-5-8-12-9-7-10-12/h4-5,12,14H,6-11H2,1-3H3. The van der Waals surface area contributed by atoms with E-state index in [4.69, 9.17) is 0 Å².